The molecule has 0 aromatic heterocycles. The minimum absolute atomic E-state index is 0.159. The number of carbonyl (C=O) groups excluding carboxylic acids is 2. The largest absolute Gasteiger partial charge is 0.465 e. The van der Waals surface area contributed by atoms with Crippen LogP contribution in [0.3, 0.4) is 0 Å². The predicted octanol–water partition coefficient (Wildman–Crippen LogP) is 1.06. The number of carbonyl (C=O) groups is 2. The smallest absolute Gasteiger partial charge is 0.303 e. The van der Waals surface area contributed by atoms with E-state index in [4.69, 9.17) is 9.47 Å². The Bertz CT molecular complexity index is 257. The average Bonchev–Trinajstić information content (AvgIpc) is 2.47. The Morgan fingerprint density at radius 2 is 2.00 bits per heavy atom. The lowest BCUT2D eigenvalue weighted by Crippen LogP contribution is -2.15. The Morgan fingerprint density at radius 1 is 1.29 bits per heavy atom. The molecule has 1 rings (SSSR count). The molecule has 4 heteroatoms. The highest BCUT2D eigenvalue weighted by Crippen LogP contribution is 2.20. The molecule has 0 amide bonds. The fourth-order valence-electron chi connectivity index (χ4n) is 1.39. The molecule has 0 aromatic rings. The molecule has 0 saturated carbocycles. The molecule has 0 aromatic carbocycles. The molecule has 0 N–H and O–H groups in total. The highest BCUT2D eigenvalue weighted by Gasteiger charge is 2.21. The molecule has 78 valence electrons. The first-order valence-corrected chi connectivity index (χ1v) is 4.57. The first kappa shape index (κ1) is 10.8. The van der Waals surface area contributed by atoms with Crippen molar-refractivity contribution in [1.82, 2.24) is 0 Å². The Hall–Kier alpha value is -1.32. The van der Waals surface area contributed by atoms with Gasteiger partial charge in [-0.1, -0.05) is 6.08 Å². The van der Waals surface area contributed by atoms with Crippen LogP contribution in [0.15, 0.2) is 12.2 Å². The van der Waals surface area contributed by atoms with E-state index in [1.54, 1.807) is 0 Å². The van der Waals surface area contributed by atoms with E-state index in [9.17, 15) is 9.59 Å². The van der Waals surface area contributed by atoms with Crippen LogP contribution in [0.2, 0.25) is 0 Å². The van der Waals surface area contributed by atoms with Crippen LogP contribution in [-0.4, -0.2) is 24.6 Å². The maximum Gasteiger partial charge on any atom is 0.303 e. The first-order valence-electron chi connectivity index (χ1n) is 4.57. The number of ether oxygens (including phenoxy) is 2. The summed E-state index contributed by atoms with van der Waals surface area (Å²) in [6, 6.07) is 0. The molecule has 0 spiro atoms. The summed E-state index contributed by atoms with van der Waals surface area (Å²) in [6.45, 7) is 3.12. The minimum atomic E-state index is -0.284. The summed E-state index contributed by atoms with van der Waals surface area (Å²) < 4.78 is 9.83. The second kappa shape index (κ2) is 4.79. The maximum atomic E-state index is 10.6. The van der Waals surface area contributed by atoms with Crippen molar-refractivity contribution in [3.8, 4) is 0 Å². The van der Waals surface area contributed by atoms with Gasteiger partial charge in [-0.2, -0.15) is 0 Å². The van der Waals surface area contributed by atoms with E-state index in [0.717, 1.165) is 0 Å². The van der Waals surface area contributed by atoms with Gasteiger partial charge < -0.3 is 9.47 Å². The zero-order valence-corrected chi connectivity index (χ0v) is 8.36. The van der Waals surface area contributed by atoms with Gasteiger partial charge in [-0.15, -0.1) is 0 Å². The van der Waals surface area contributed by atoms with E-state index >= 15 is 0 Å². The number of rotatable bonds is 3. The first-order chi connectivity index (χ1) is 6.58. The zero-order chi connectivity index (χ0) is 10.6. The molecule has 1 aliphatic carbocycles. The summed E-state index contributed by atoms with van der Waals surface area (Å²) in [6.07, 6.45) is 4.28. The van der Waals surface area contributed by atoms with Crippen molar-refractivity contribution in [3.63, 3.8) is 0 Å². The summed E-state index contributed by atoms with van der Waals surface area (Å²) in [5.74, 6) is -0.398. The molecule has 0 radical (unpaired) electrons. The third-order valence-corrected chi connectivity index (χ3v) is 1.95. The fourth-order valence-corrected chi connectivity index (χ4v) is 1.39. The van der Waals surface area contributed by atoms with Crippen molar-refractivity contribution in [1.29, 1.82) is 0 Å². The molecule has 0 bridgehead atoms. The van der Waals surface area contributed by atoms with E-state index in [1.165, 1.54) is 13.8 Å². The molecule has 4 nitrogen and oxygen atoms in total. The summed E-state index contributed by atoms with van der Waals surface area (Å²) in [4.78, 5) is 21.2. The second-order valence-electron chi connectivity index (χ2n) is 3.33. The van der Waals surface area contributed by atoms with Crippen molar-refractivity contribution in [2.24, 2.45) is 5.92 Å². The zero-order valence-electron chi connectivity index (χ0n) is 8.36. The summed E-state index contributed by atoms with van der Waals surface area (Å²) in [7, 11) is 0. The van der Waals surface area contributed by atoms with Crippen molar-refractivity contribution in [3.05, 3.63) is 12.2 Å². The van der Waals surface area contributed by atoms with Crippen LogP contribution < -0.4 is 0 Å². The third-order valence-electron chi connectivity index (χ3n) is 1.95. The molecular weight excluding hydrogens is 184 g/mol. The normalized spacial score (nSPS) is 24.7. The van der Waals surface area contributed by atoms with Crippen molar-refractivity contribution >= 4 is 11.9 Å². The van der Waals surface area contributed by atoms with Gasteiger partial charge >= 0.3 is 11.9 Å². The lowest BCUT2D eigenvalue weighted by atomic mass is 10.1. The maximum absolute atomic E-state index is 10.6. The third kappa shape index (κ3) is 3.60. The predicted molar refractivity (Wildman–Crippen MR) is 49.4 cm³/mol. The number of hydrogen-bond donors (Lipinski definition) is 0. The quantitative estimate of drug-likeness (QED) is 0.502. The summed E-state index contributed by atoms with van der Waals surface area (Å²) in [5, 5.41) is 0. The molecule has 0 unspecified atom stereocenters. The van der Waals surface area contributed by atoms with E-state index in [1.807, 2.05) is 12.2 Å². The van der Waals surface area contributed by atoms with Gasteiger partial charge in [0.1, 0.15) is 6.10 Å². The summed E-state index contributed by atoms with van der Waals surface area (Å²) >= 11 is 0. The van der Waals surface area contributed by atoms with Gasteiger partial charge in [0.2, 0.25) is 0 Å². The number of hydrogen-bond acceptors (Lipinski definition) is 4. The molecule has 1 aliphatic rings. The molecule has 0 heterocycles. The van der Waals surface area contributed by atoms with Gasteiger partial charge in [0.15, 0.2) is 0 Å². The van der Waals surface area contributed by atoms with E-state index in [0.29, 0.717) is 13.0 Å². The highest BCUT2D eigenvalue weighted by atomic mass is 16.5. The van der Waals surface area contributed by atoms with Gasteiger partial charge in [0.25, 0.3) is 0 Å². The van der Waals surface area contributed by atoms with Gasteiger partial charge in [0.05, 0.1) is 6.61 Å². The molecule has 0 fully saturated rings. The molecule has 14 heavy (non-hydrogen) atoms. The lowest BCUT2D eigenvalue weighted by Gasteiger charge is -2.11. The lowest BCUT2D eigenvalue weighted by molar-refractivity contribution is -0.146. The van der Waals surface area contributed by atoms with Gasteiger partial charge in [-0.3, -0.25) is 9.59 Å². The van der Waals surface area contributed by atoms with E-state index in [2.05, 4.69) is 0 Å². The number of esters is 2. The minimum Gasteiger partial charge on any atom is -0.465 e. The Balaban J connectivity index is 2.25. The Morgan fingerprint density at radius 3 is 2.57 bits per heavy atom. The van der Waals surface area contributed by atoms with Crippen LogP contribution >= 0.6 is 0 Å². The van der Waals surface area contributed by atoms with Gasteiger partial charge in [-0.25, -0.2) is 0 Å². The van der Waals surface area contributed by atoms with Crippen molar-refractivity contribution in [2.75, 3.05) is 6.61 Å². The van der Waals surface area contributed by atoms with E-state index < -0.39 is 0 Å². The van der Waals surface area contributed by atoms with Crippen molar-refractivity contribution < 1.29 is 19.1 Å². The molecule has 2 atom stereocenters. The molecule has 0 aliphatic heterocycles. The van der Waals surface area contributed by atoms with Crippen molar-refractivity contribution in [2.45, 2.75) is 26.4 Å². The SMILES string of the molecule is CC(=O)OC[C@@H]1C=C[C@H](OC(C)=O)C1. The molecule has 0 saturated heterocycles. The fraction of sp³-hybridized carbons (Fsp3) is 0.600. The average molecular weight is 198 g/mol. The van der Waals surface area contributed by atoms with Crippen LogP contribution in [0.25, 0.3) is 0 Å². The van der Waals surface area contributed by atoms with Crippen LogP contribution in [0, 0.1) is 5.92 Å². The van der Waals surface area contributed by atoms with E-state index in [-0.39, 0.29) is 24.0 Å². The summed E-state index contributed by atoms with van der Waals surface area (Å²) in [5.41, 5.74) is 0. The highest BCUT2D eigenvalue weighted by molar-refractivity contribution is 5.66. The van der Waals surface area contributed by atoms with Gasteiger partial charge in [-0.05, 0) is 12.5 Å². The molecular formula is C10H14O4. The standard InChI is InChI=1S/C10H14O4/c1-7(11)13-6-9-3-4-10(5-9)14-8(2)12/h3-4,9-10H,5-6H2,1-2H3/t9-,10+/m1/s1. The van der Waals surface area contributed by atoms with Crippen LogP contribution in [0.5, 0.6) is 0 Å². The van der Waals surface area contributed by atoms with Gasteiger partial charge in [0, 0.05) is 19.8 Å². The van der Waals surface area contributed by atoms with Crippen LogP contribution in [-0.2, 0) is 19.1 Å². The second-order valence-corrected chi connectivity index (χ2v) is 3.33. The Labute approximate surface area is 82.9 Å². The Kier molecular flexibility index (Phi) is 3.68. The van der Waals surface area contributed by atoms with Crippen LogP contribution in [0.4, 0.5) is 0 Å². The monoisotopic (exact) mass is 198 g/mol. The topological polar surface area (TPSA) is 52.6 Å². The van der Waals surface area contributed by atoms with Crippen LogP contribution in [0.1, 0.15) is 20.3 Å².